The number of aryl methyl sites for hydroxylation is 1. The smallest absolute Gasteiger partial charge is 0.139 e. The van der Waals surface area contributed by atoms with Crippen LogP contribution in [0.5, 0.6) is 0 Å². The molecule has 2 rings (SSSR count). The molecule has 1 aromatic heterocycles. The first-order valence-electron chi connectivity index (χ1n) is 5.18. The van der Waals surface area contributed by atoms with Gasteiger partial charge in [0.1, 0.15) is 5.84 Å². The van der Waals surface area contributed by atoms with Gasteiger partial charge in [-0.25, -0.2) is 0 Å². The van der Waals surface area contributed by atoms with E-state index in [9.17, 15) is 0 Å². The fourth-order valence-corrected chi connectivity index (χ4v) is 1.66. The van der Waals surface area contributed by atoms with E-state index in [1.54, 1.807) is 0 Å². The average Bonchev–Trinajstić information content (AvgIpc) is 2.73. The molecular formula is C11H14N4O. The number of oxime groups is 1. The lowest BCUT2D eigenvalue weighted by atomic mass is 10.2. The number of aromatic nitrogens is 2. The lowest BCUT2D eigenvalue weighted by Gasteiger charge is -2.02. The van der Waals surface area contributed by atoms with Crippen molar-refractivity contribution in [1.29, 1.82) is 0 Å². The van der Waals surface area contributed by atoms with Gasteiger partial charge >= 0.3 is 0 Å². The van der Waals surface area contributed by atoms with Crippen LogP contribution in [0.1, 0.15) is 12.8 Å². The van der Waals surface area contributed by atoms with Gasteiger partial charge in [-0.2, -0.15) is 5.10 Å². The van der Waals surface area contributed by atoms with Crippen LogP contribution in [0.2, 0.25) is 0 Å². The van der Waals surface area contributed by atoms with Crippen molar-refractivity contribution in [2.45, 2.75) is 19.4 Å². The molecule has 5 nitrogen and oxygen atoms in total. The van der Waals surface area contributed by atoms with Crippen LogP contribution in [0, 0.1) is 0 Å². The molecule has 0 atom stereocenters. The maximum Gasteiger partial charge on any atom is 0.139 e. The summed E-state index contributed by atoms with van der Waals surface area (Å²) < 4.78 is 1.93. The predicted molar refractivity (Wildman–Crippen MR) is 62.4 cm³/mol. The Labute approximate surface area is 93.2 Å². The molecule has 0 unspecified atom stereocenters. The van der Waals surface area contributed by atoms with Crippen molar-refractivity contribution in [2.75, 3.05) is 0 Å². The third-order valence-electron chi connectivity index (χ3n) is 2.48. The Morgan fingerprint density at radius 1 is 1.44 bits per heavy atom. The minimum atomic E-state index is 0.261. The summed E-state index contributed by atoms with van der Waals surface area (Å²) in [5, 5.41) is 16.8. The maximum absolute atomic E-state index is 8.40. The molecule has 0 spiro atoms. The van der Waals surface area contributed by atoms with E-state index >= 15 is 0 Å². The van der Waals surface area contributed by atoms with Crippen LogP contribution in [0.3, 0.4) is 0 Å². The van der Waals surface area contributed by atoms with E-state index in [-0.39, 0.29) is 5.84 Å². The van der Waals surface area contributed by atoms with Gasteiger partial charge in [-0.15, -0.1) is 0 Å². The molecule has 0 radical (unpaired) electrons. The number of hydrogen-bond acceptors (Lipinski definition) is 3. The fraction of sp³-hybridized carbons (Fsp3) is 0.273. The molecule has 0 amide bonds. The molecule has 1 aromatic carbocycles. The van der Waals surface area contributed by atoms with Gasteiger partial charge in [0.25, 0.3) is 0 Å². The summed E-state index contributed by atoms with van der Waals surface area (Å²) in [6.45, 7) is 0.768. The van der Waals surface area contributed by atoms with E-state index in [1.165, 1.54) is 0 Å². The molecule has 2 aromatic rings. The Balaban J connectivity index is 2.05. The van der Waals surface area contributed by atoms with Gasteiger partial charge in [-0.05, 0) is 12.5 Å². The van der Waals surface area contributed by atoms with Crippen LogP contribution in [0.25, 0.3) is 10.9 Å². The minimum absolute atomic E-state index is 0.261. The van der Waals surface area contributed by atoms with Crippen molar-refractivity contribution in [3.05, 3.63) is 30.5 Å². The van der Waals surface area contributed by atoms with Crippen molar-refractivity contribution in [1.82, 2.24) is 9.78 Å². The van der Waals surface area contributed by atoms with Crippen LogP contribution >= 0.6 is 0 Å². The first kappa shape index (κ1) is 10.5. The molecule has 5 heteroatoms. The summed E-state index contributed by atoms with van der Waals surface area (Å²) >= 11 is 0. The Bertz CT molecular complexity index is 503. The van der Waals surface area contributed by atoms with E-state index in [0.29, 0.717) is 6.42 Å². The number of benzene rings is 1. The molecule has 1 heterocycles. The normalized spacial score (nSPS) is 12.1. The molecule has 3 N–H and O–H groups in total. The Kier molecular flexibility index (Phi) is 3.05. The van der Waals surface area contributed by atoms with Crippen molar-refractivity contribution in [2.24, 2.45) is 10.9 Å². The van der Waals surface area contributed by atoms with Gasteiger partial charge in [-0.3, -0.25) is 4.68 Å². The largest absolute Gasteiger partial charge is 0.409 e. The highest BCUT2D eigenvalue weighted by Gasteiger charge is 2.01. The Hall–Kier alpha value is -2.04. The van der Waals surface area contributed by atoms with Gasteiger partial charge < -0.3 is 10.9 Å². The van der Waals surface area contributed by atoms with Gasteiger partial charge in [0.05, 0.1) is 11.7 Å². The van der Waals surface area contributed by atoms with Crippen molar-refractivity contribution in [3.8, 4) is 0 Å². The number of nitrogens with zero attached hydrogens (tertiary/aromatic N) is 3. The topological polar surface area (TPSA) is 76.4 Å². The van der Waals surface area contributed by atoms with Crippen LogP contribution in [-0.4, -0.2) is 20.8 Å². The second-order valence-electron chi connectivity index (χ2n) is 3.62. The Morgan fingerprint density at radius 2 is 2.25 bits per heavy atom. The predicted octanol–water partition coefficient (Wildman–Crippen LogP) is 1.56. The van der Waals surface area contributed by atoms with Crippen LogP contribution in [0.15, 0.2) is 35.6 Å². The highest BCUT2D eigenvalue weighted by molar-refractivity contribution is 5.79. The van der Waals surface area contributed by atoms with E-state index in [4.69, 9.17) is 10.9 Å². The van der Waals surface area contributed by atoms with Gasteiger partial charge in [-0.1, -0.05) is 23.4 Å². The molecule has 16 heavy (non-hydrogen) atoms. The number of hydrogen-bond donors (Lipinski definition) is 2. The number of fused-ring (bicyclic) bond motifs is 1. The SMILES string of the molecule is NC(CCCn1ncc2ccccc21)=NO. The molecule has 0 bridgehead atoms. The second-order valence-corrected chi connectivity index (χ2v) is 3.62. The van der Waals surface area contributed by atoms with E-state index in [0.717, 1.165) is 23.9 Å². The second kappa shape index (κ2) is 4.65. The third-order valence-corrected chi connectivity index (χ3v) is 2.48. The van der Waals surface area contributed by atoms with Crippen molar-refractivity contribution in [3.63, 3.8) is 0 Å². The summed E-state index contributed by atoms with van der Waals surface area (Å²) in [7, 11) is 0. The third kappa shape index (κ3) is 2.13. The molecule has 84 valence electrons. The minimum Gasteiger partial charge on any atom is -0.409 e. The zero-order valence-corrected chi connectivity index (χ0v) is 8.87. The quantitative estimate of drug-likeness (QED) is 0.354. The molecule has 0 saturated carbocycles. The molecule has 0 aliphatic heterocycles. The number of amidine groups is 1. The molecule has 0 saturated heterocycles. The summed E-state index contributed by atoms with van der Waals surface area (Å²) in [6, 6.07) is 8.04. The van der Waals surface area contributed by atoms with Crippen molar-refractivity contribution >= 4 is 16.7 Å². The Morgan fingerprint density at radius 3 is 3.06 bits per heavy atom. The molecule has 0 aliphatic rings. The lowest BCUT2D eigenvalue weighted by molar-refractivity contribution is 0.316. The zero-order chi connectivity index (χ0) is 11.4. The average molecular weight is 218 g/mol. The summed E-state index contributed by atoms with van der Waals surface area (Å²) in [4.78, 5) is 0. The summed E-state index contributed by atoms with van der Waals surface area (Å²) in [6.07, 6.45) is 3.23. The maximum atomic E-state index is 8.40. The van der Waals surface area contributed by atoms with Crippen LogP contribution in [-0.2, 0) is 6.54 Å². The van der Waals surface area contributed by atoms with Gasteiger partial charge in [0, 0.05) is 18.4 Å². The lowest BCUT2D eigenvalue weighted by Crippen LogP contribution is -2.12. The van der Waals surface area contributed by atoms with Gasteiger partial charge in [0.2, 0.25) is 0 Å². The first-order chi connectivity index (χ1) is 7.81. The highest BCUT2D eigenvalue weighted by atomic mass is 16.4. The van der Waals surface area contributed by atoms with Crippen LogP contribution in [0.4, 0.5) is 0 Å². The van der Waals surface area contributed by atoms with E-state index < -0.39 is 0 Å². The first-order valence-corrected chi connectivity index (χ1v) is 5.18. The molecule has 0 fully saturated rings. The zero-order valence-electron chi connectivity index (χ0n) is 8.87. The molecule has 0 aliphatic carbocycles. The van der Waals surface area contributed by atoms with E-state index in [2.05, 4.69) is 10.3 Å². The standard InChI is InChI=1S/C11H14N4O/c12-11(14-16)6-3-7-15-10-5-2-1-4-9(10)8-13-15/h1-2,4-5,8,16H,3,6-7H2,(H2,12,14). The highest BCUT2D eigenvalue weighted by Crippen LogP contribution is 2.13. The monoisotopic (exact) mass is 218 g/mol. The number of rotatable bonds is 4. The molecular weight excluding hydrogens is 204 g/mol. The van der Waals surface area contributed by atoms with E-state index in [1.807, 2.05) is 35.1 Å². The number of nitrogens with two attached hydrogens (primary N) is 1. The number of para-hydroxylation sites is 1. The van der Waals surface area contributed by atoms with Crippen molar-refractivity contribution < 1.29 is 5.21 Å². The van der Waals surface area contributed by atoms with Crippen LogP contribution < -0.4 is 5.73 Å². The summed E-state index contributed by atoms with van der Waals surface area (Å²) in [5.41, 5.74) is 6.51. The van der Waals surface area contributed by atoms with Gasteiger partial charge in [0.15, 0.2) is 0 Å². The fourth-order valence-electron chi connectivity index (χ4n) is 1.66. The summed E-state index contributed by atoms with van der Waals surface area (Å²) in [5.74, 6) is 0.261.